The minimum Gasteiger partial charge on any atom is -0.497 e. The van der Waals surface area contributed by atoms with Crippen LogP contribution in [0.3, 0.4) is 0 Å². The molecule has 0 radical (unpaired) electrons. The van der Waals surface area contributed by atoms with Gasteiger partial charge in [-0.05, 0) is 61.6 Å². The number of urea groups is 1. The summed E-state index contributed by atoms with van der Waals surface area (Å²) < 4.78 is 19.0. The third-order valence-electron chi connectivity index (χ3n) is 6.03. The van der Waals surface area contributed by atoms with Crippen LogP contribution in [0.2, 0.25) is 0 Å². The molecule has 3 amide bonds. The van der Waals surface area contributed by atoms with Gasteiger partial charge in [-0.25, -0.2) is 9.18 Å². The molecule has 0 spiro atoms. The Kier molecular flexibility index (Phi) is 7.04. The van der Waals surface area contributed by atoms with Crippen LogP contribution in [-0.2, 0) is 4.79 Å². The van der Waals surface area contributed by atoms with E-state index in [0.717, 1.165) is 5.56 Å². The molecule has 2 fully saturated rings. The summed E-state index contributed by atoms with van der Waals surface area (Å²) >= 11 is 0. The van der Waals surface area contributed by atoms with Gasteiger partial charge in [0.2, 0.25) is 5.91 Å². The fraction of sp³-hybridized carbons (Fsp3) is 0.609. The lowest BCUT2D eigenvalue weighted by Gasteiger charge is -2.33. The summed E-state index contributed by atoms with van der Waals surface area (Å²) in [6.07, 6.45) is 3.21. The number of methoxy groups -OCH3 is 1. The summed E-state index contributed by atoms with van der Waals surface area (Å²) in [6.45, 7) is 5.02. The minimum absolute atomic E-state index is 0.147. The standard InChI is InChI=1S/C23H31FN4O3/c1-15(2)10-20(21(29)27-23(14-25)6-7-23)26-22(30)28-8-4-16(5-9-28)17-11-18(24)13-19(12-17)31-3/h11-13,15-16,20H,4-10H2,1-3H3,(H,26,30)(H,27,29). The third-order valence-corrected chi connectivity index (χ3v) is 6.03. The first-order valence-corrected chi connectivity index (χ1v) is 10.9. The first-order valence-electron chi connectivity index (χ1n) is 10.9. The highest BCUT2D eigenvalue weighted by Crippen LogP contribution is 2.34. The van der Waals surface area contributed by atoms with E-state index in [0.29, 0.717) is 50.9 Å². The molecule has 0 bridgehead atoms. The van der Waals surface area contributed by atoms with Crippen LogP contribution in [0.15, 0.2) is 18.2 Å². The molecule has 2 N–H and O–H groups in total. The van der Waals surface area contributed by atoms with Gasteiger partial charge in [-0.1, -0.05) is 13.8 Å². The zero-order valence-corrected chi connectivity index (χ0v) is 18.4. The number of benzene rings is 1. The Hall–Kier alpha value is -2.82. The molecule has 3 rings (SSSR count). The number of hydrogen-bond donors (Lipinski definition) is 2. The number of hydrogen-bond acceptors (Lipinski definition) is 4. The topological polar surface area (TPSA) is 94.5 Å². The number of nitrogens with zero attached hydrogens (tertiary/aromatic N) is 2. The second kappa shape index (κ2) is 9.54. The van der Waals surface area contributed by atoms with E-state index in [4.69, 9.17) is 4.74 Å². The van der Waals surface area contributed by atoms with E-state index in [1.54, 1.807) is 4.90 Å². The molecule has 2 aliphatic rings. The second-order valence-corrected chi connectivity index (χ2v) is 9.00. The first kappa shape index (κ1) is 22.9. The molecule has 7 nitrogen and oxygen atoms in total. The van der Waals surface area contributed by atoms with E-state index in [1.807, 2.05) is 19.9 Å². The molecule has 1 heterocycles. The molecule has 1 unspecified atom stereocenters. The lowest BCUT2D eigenvalue weighted by Crippen LogP contribution is -2.54. The van der Waals surface area contributed by atoms with Crippen LogP contribution >= 0.6 is 0 Å². The van der Waals surface area contributed by atoms with E-state index < -0.39 is 11.6 Å². The number of likely N-dealkylation sites (tertiary alicyclic amines) is 1. The van der Waals surface area contributed by atoms with Gasteiger partial charge in [-0.2, -0.15) is 5.26 Å². The summed E-state index contributed by atoms with van der Waals surface area (Å²) in [5.74, 6) is 0.213. The number of ether oxygens (including phenoxy) is 1. The Labute approximate surface area is 182 Å². The Morgan fingerprint density at radius 3 is 2.52 bits per heavy atom. The van der Waals surface area contributed by atoms with Gasteiger partial charge in [-0.3, -0.25) is 4.79 Å². The highest BCUT2D eigenvalue weighted by molar-refractivity contribution is 5.88. The summed E-state index contributed by atoms with van der Waals surface area (Å²) in [4.78, 5) is 27.2. The second-order valence-electron chi connectivity index (χ2n) is 9.00. The summed E-state index contributed by atoms with van der Waals surface area (Å²) in [5, 5.41) is 14.9. The van der Waals surface area contributed by atoms with Gasteiger partial charge >= 0.3 is 6.03 Å². The molecule has 8 heteroatoms. The van der Waals surface area contributed by atoms with Crippen LogP contribution in [0, 0.1) is 23.1 Å². The van der Waals surface area contributed by atoms with Crippen molar-refractivity contribution >= 4 is 11.9 Å². The van der Waals surface area contributed by atoms with Crippen molar-refractivity contribution in [1.29, 1.82) is 5.26 Å². The Morgan fingerprint density at radius 1 is 1.29 bits per heavy atom. The molecule has 1 aliphatic carbocycles. The van der Waals surface area contributed by atoms with Crippen LogP contribution in [0.1, 0.15) is 57.4 Å². The van der Waals surface area contributed by atoms with E-state index >= 15 is 0 Å². The molecule has 0 aromatic heterocycles. The lowest BCUT2D eigenvalue weighted by molar-refractivity contribution is -0.124. The van der Waals surface area contributed by atoms with E-state index in [9.17, 15) is 19.2 Å². The number of nitriles is 1. The van der Waals surface area contributed by atoms with Crippen molar-refractivity contribution in [3.05, 3.63) is 29.6 Å². The van der Waals surface area contributed by atoms with Crippen molar-refractivity contribution in [2.75, 3.05) is 20.2 Å². The van der Waals surface area contributed by atoms with Crippen LogP contribution in [0.4, 0.5) is 9.18 Å². The van der Waals surface area contributed by atoms with Crippen LogP contribution < -0.4 is 15.4 Å². The lowest BCUT2D eigenvalue weighted by atomic mass is 9.89. The maximum Gasteiger partial charge on any atom is 0.318 e. The van der Waals surface area contributed by atoms with Crippen LogP contribution in [-0.4, -0.2) is 48.6 Å². The molecule has 31 heavy (non-hydrogen) atoms. The monoisotopic (exact) mass is 430 g/mol. The zero-order chi connectivity index (χ0) is 22.6. The third kappa shape index (κ3) is 5.87. The number of rotatable bonds is 7. The van der Waals surface area contributed by atoms with Gasteiger partial charge in [0, 0.05) is 19.2 Å². The predicted octanol–water partition coefficient (Wildman–Crippen LogP) is 3.31. The normalized spacial score (nSPS) is 18.8. The largest absolute Gasteiger partial charge is 0.497 e. The SMILES string of the molecule is COc1cc(F)cc(C2CCN(C(=O)NC(CC(C)C)C(=O)NC3(C#N)CC3)CC2)c1. The van der Waals surface area contributed by atoms with E-state index in [-0.39, 0.29) is 29.6 Å². The Bertz CT molecular complexity index is 855. The predicted molar refractivity (Wildman–Crippen MR) is 114 cm³/mol. The maximum atomic E-state index is 13.8. The zero-order valence-electron chi connectivity index (χ0n) is 18.4. The fourth-order valence-electron chi connectivity index (χ4n) is 4.01. The average molecular weight is 431 g/mol. The first-order chi connectivity index (χ1) is 14.7. The van der Waals surface area contributed by atoms with Crippen molar-refractivity contribution in [3.8, 4) is 11.8 Å². The Balaban J connectivity index is 1.57. The van der Waals surface area contributed by atoms with Gasteiger partial charge in [0.15, 0.2) is 0 Å². The number of carbonyl (C=O) groups is 2. The number of amides is 3. The molecule has 1 saturated heterocycles. The molecule has 1 aliphatic heterocycles. The number of nitrogens with one attached hydrogen (secondary N) is 2. The van der Waals surface area contributed by atoms with Gasteiger partial charge in [0.1, 0.15) is 23.1 Å². The molecular weight excluding hydrogens is 399 g/mol. The molecule has 1 aromatic carbocycles. The van der Waals surface area contributed by atoms with Crippen molar-refractivity contribution in [2.24, 2.45) is 5.92 Å². The van der Waals surface area contributed by atoms with Gasteiger partial charge in [0.25, 0.3) is 0 Å². The van der Waals surface area contributed by atoms with Crippen molar-refractivity contribution in [2.45, 2.75) is 63.5 Å². The number of piperidine rings is 1. The van der Waals surface area contributed by atoms with Crippen molar-refractivity contribution < 1.29 is 18.7 Å². The Morgan fingerprint density at radius 2 is 1.97 bits per heavy atom. The highest BCUT2D eigenvalue weighted by Gasteiger charge is 2.45. The minimum atomic E-state index is -0.762. The molecular formula is C23H31FN4O3. The smallest absolute Gasteiger partial charge is 0.318 e. The summed E-state index contributed by atoms with van der Waals surface area (Å²) in [7, 11) is 1.51. The molecule has 1 atom stereocenters. The fourth-order valence-corrected chi connectivity index (χ4v) is 4.01. The highest BCUT2D eigenvalue weighted by atomic mass is 19.1. The van der Waals surface area contributed by atoms with E-state index in [1.165, 1.54) is 19.2 Å². The summed E-state index contributed by atoms with van der Waals surface area (Å²) in [5.41, 5.74) is 0.113. The van der Waals surface area contributed by atoms with Crippen LogP contribution in [0.25, 0.3) is 0 Å². The van der Waals surface area contributed by atoms with Gasteiger partial charge in [0.05, 0.1) is 13.2 Å². The average Bonchev–Trinajstić information content (AvgIpc) is 3.52. The molecule has 1 saturated carbocycles. The van der Waals surface area contributed by atoms with Gasteiger partial charge < -0.3 is 20.3 Å². The van der Waals surface area contributed by atoms with E-state index in [2.05, 4.69) is 16.7 Å². The maximum absolute atomic E-state index is 13.8. The number of carbonyl (C=O) groups excluding carboxylic acids is 2. The van der Waals surface area contributed by atoms with Crippen molar-refractivity contribution in [1.82, 2.24) is 15.5 Å². The van der Waals surface area contributed by atoms with Crippen LogP contribution in [0.5, 0.6) is 5.75 Å². The quantitative estimate of drug-likeness (QED) is 0.694. The van der Waals surface area contributed by atoms with Gasteiger partial charge in [-0.15, -0.1) is 0 Å². The summed E-state index contributed by atoms with van der Waals surface area (Å²) in [6, 6.07) is 5.91. The number of halogens is 1. The molecule has 1 aromatic rings. The molecule has 168 valence electrons. The van der Waals surface area contributed by atoms with Crippen molar-refractivity contribution in [3.63, 3.8) is 0 Å².